The molecule has 0 bridgehead atoms. The van der Waals surface area contributed by atoms with E-state index >= 15 is 0 Å². The summed E-state index contributed by atoms with van der Waals surface area (Å²) in [5.41, 5.74) is 0.464. The van der Waals surface area contributed by atoms with E-state index < -0.39 is 5.97 Å². The van der Waals surface area contributed by atoms with Crippen molar-refractivity contribution in [3.63, 3.8) is 0 Å². The average molecular weight is 521 g/mol. The molecule has 186 valence electrons. The Kier molecular flexibility index (Phi) is 8.09. The molecule has 0 radical (unpaired) electrons. The van der Waals surface area contributed by atoms with Crippen LogP contribution in [0.5, 0.6) is 0 Å². The fourth-order valence-corrected chi connectivity index (χ4v) is 8.23. The van der Waals surface area contributed by atoms with Gasteiger partial charge in [0.1, 0.15) is 9.22 Å². The fourth-order valence-electron chi connectivity index (χ4n) is 5.11. The molecule has 2 fully saturated rings. The van der Waals surface area contributed by atoms with Crippen LogP contribution in [0.25, 0.3) is 0 Å². The molecule has 0 atom stereocenters. The van der Waals surface area contributed by atoms with Gasteiger partial charge in [0, 0.05) is 33.7 Å². The highest BCUT2D eigenvalue weighted by molar-refractivity contribution is 8.01. The Morgan fingerprint density at radius 1 is 1.09 bits per heavy atom. The van der Waals surface area contributed by atoms with Gasteiger partial charge in [0.25, 0.3) is 0 Å². The topological polar surface area (TPSA) is 70.5 Å². The number of carbonyl (C=O) groups excluding carboxylic acids is 1. The molecule has 0 spiro atoms. The normalized spacial score (nSPS) is 25.8. The van der Waals surface area contributed by atoms with Gasteiger partial charge in [-0.25, -0.2) is 9.78 Å². The molecule has 0 aliphatic heterocycles. The van der Waals surface area contributed by atoms with Crippen LogP contribution >= 0.6 is 34.4 Å². The molecule has 0 unspecified atom stereocenters. The maximum atomic E-state index is 14.0. The number of thioether (sulfide) groups is 1. The van der Waals surface area contributed by atoms with Gasteiger partial charge in [-0.05, 0) is 68.8 Å². The molecule has 0 aromatic carbocycles. The van der Waals surface area contributed by atoms with Crippen molar-refractivity contribution in [2.24, 2.45) is 11.8 Å². The SMILES string of the molecule is CC(C)(C)c1cc(N(C(=O)[C@H]2CC[C@H](C)CC2)[C@H]2CC[C@H](Sc3nccs3)CC2)c(C(=O)O)s1. The van der Waals surface area contributed by atoms with Crippen LogP contribution in [-0.2, 0) is 10.2 Å². The lowest BCUT2D eigenvalue weighted by molar-refractivity contribution is -0.124. The van der Waals surface area contributed by atoms with Crippen molar-refractivity contribution in [3.8, 4) is 0 Å². The lowest BCUT2D eigenvalue weighted by Gasteiger charge is -2.39. The van der Waals surface area contributed by atoms with Crippen LogP contribution in [-0.4, -0.2) is 33.3 Å². The summed E-state index contributed by atoms with van der Waals surface area (Å²) in [5, 5.41) is 12.6. The summed E-state index contributed by atoms with van der Waals surface area (Å²) < 4.78 is 1.11. The molecule has 2 aliphatic carbocycles. The zero-order valence-electron chi connectivity index (χ0n) is 20.6. The Morgan fingerprint density at radius 3 is 2.32 bits per heavy atom. The highest BCUT2D eigenvalue weighted by atomic mass is 32.2. The Morgan fingerprint density at radius 2 is 1.76 bits per heavy atom. The van der Waals surface area contributed by atoms with Gasteiger partial charge in [-0.1, -0.05) is 39.5 Å². The minimum Gasteiger partial charge on any atom is -0.477 e. The maximum absolute atomic E-state index is 14.0. The highest BCUT2D eigenvalue weighted by Gasteiger charge is 2.38. The van der Waals surface area contributed by atoms with Crippen molar-refractivity contribution < 1.29 is 14.7 Å². The van der Waals surface area contributed by atoms with Crippen LogP contribution in [0.1, 0.15) is 93.6 Å². The van der Waals surface area contributed by atoms with Crippen LogP contribution in [0.15, 0.2) is 22.0 Å². The summed E-state index contributed by atoms with van der Waals surface area (Å²) in [4.78, 5) is 34.0. The first-order valence-corrected chi connectivity index (χ1v) is 15.0. The Hall–Kier alpha value is -1.38. The minimum atomic E-state index is -0.932. The predicted octanol–water partition coefficient (Wildman–Crippen LogP) is 7.46. The number of nitrogens with zero attached hydrogens (tertiary/aromatic N) is 2. The molecule has 2 aromatic heterocycles. The lowest BCUT2D eigenvalue weighted by Crippen LogP contribution is -2.46. The second-order valence-corrected chi connectivity index (χ2v) is 14.4. The predicted molar refractivity (Wildman–Crippen MR) is 143 cm³/mol. The number of anilines is 1. The van der Waals surface area contributed by atoms with Gasteiger partial charge in [-0.3, -0.25) is 4.79 Å². The van der Waals surface area contributed by atoms with Crippen LogP contribution in [0.2, 0.25) is 0 Å². The van der Waals surface area contributed by atoms with Crippen LogP contribution < -0.4 is 4.90 Å². The van der Waals surface area contributed by atoms with Gasteiger partial charge in [0.2, 0.25) is 5.91 Å². The van der Waals surface area contributed by atoms with Crippen LogP contribution in [0, 0.1) is 11.8 Å². The monoisotopic (exact) mass is 520 g/mol. The number of thiophene rings is 1. The molecule has 2 heterocycles. The van der Waals surface area contributed by atoms with Crippen molar-refractivity contribution in [2.45, 2.75) is 100 Å². The second-order valence-electron chi connectivity index (χ2n) is 10.9. The number of amides is 1. The lowest BCUT2D eigenvalue weighted by atomic mass is 9.81. The van der Waals surface area contributed by atoms with E-state index in [1.54, 1.807) is 11.3 Å². The number of rotatable bonds is 6. The van der Waals surface area contributed by atoms with Crippen molar-refractivity contribution >= 4 is 52.0 Å². The van der Waals surface area contributed by atoms with E-state index in [0.29, 0.717) is 21.7 Å². The molecule has 2 aliphatic rings. The number of aromatic carboxylic acids is 1. The summed E-state index contributed by atoms with van der Waals surface area (Å²) in [6.45, 7) is 8.56. The third-order valence-corrected chi connectivity index (χ3v) is 11.0. The molecular formula is C26H36N2O3S3. The van der Waals surface area contributed by atoms with Crippen molar-refractivity contribution in [1.29, 1.82) is 0 Å². The molecule has 5 nitrogen and oxygen atoms in total. The number of carboxylic acid groups (broad SMARTS) is 1. The molecule has 0 saturated heterocycles. The molecule has 34 heavy (non-hydrogen) atoms. The van der Waals surface area contributed by atoms with E-state index in [1.807, 2.05) is 34.3 Å². The first-order valence-electron chi connectivity index (χ1n) is 12.4. The zero-order chi connectivity index (χ0) is 24.5. The zero-order valence-corrected chi connectivity index (χ0v) is 23.0. The van der Waals surface area contributed by atoms with E-state index in [-0.39, 0.29) is 23.3 Å². The summed E-state index contributed by atoms with van der Waals surface area (Å²) in [7, 11) is 0. The average Bonchev–Trinajstić information content (AvgIpc) is 3.46. The summed E-state index contributed by atoms with van der Waals surface area (Å²) in [5.74, 6) is -0.125. The van der Waals surface area contributed by atoms with Gasteiger partial charge >= 0.3 is 5.97 Å². The molecule has 8 heteroatoms. The number of carbonyl (C=O) groups is 2. The molecule has 2 aromatic rings. The minimum absolute atomic E-state index is 0.00162. The third kappa shape index (κ3) is 5.88. The number of aromatic nitrogens is 1. The van der Waals surface area contributed by atoms with E-state index in [4.69, 9.17) is 0 Å². The van der Waals surface area contributed by atoms with E-state index in [9.17, 15) is 14.7 Å². The van der Waals surface area contributed by atoms with Gasteiger partial charge in [0.15, 0.2) is 0 Å². The van der Waals surface area contributed by atoms with Gasteiger partial charge in [-0.15, -0.1) is 22.7 Å². The van der Waals surface area contributed by atoms with Gasteiger partial charge in [0.05, 0.1) is 5.69 Å². The summed E-state index contributed by atoms with van der Waals surface area (Å²) in [6, 6.07) is 2.05. The number of hydrogen-bond donors (Lipinski definition) is 1. The van der Waals surface area contributed by atoms with Crippen molar-refractivity contribution in [1.82, 2.24) is 4.98 Å². The largest absolute Gasteiger partial charge is 0.477 e. The quantitative estimate of drug-likeness (QED) is 0.428. The van der Waals surface area contributed by atoms with Crippen LogP contribution in [0.3, 0.4) is 0 Å². The Balaban J connectivity index is 1.61. The Labute approximate surface area is 215 Å². The number of carboxylic acids is 1. The van der Waals surface area contributed by atoms with Gasteiger partial charge in [-0.2, -0.15) is 0 Å². The standard InChI is InChI=1S/C26H36N2O3S3/c1-16-5-7-17(8-6-16)23(29)28(20-15-21(26(2,3)4)34-22(20)24(30)31)18-9-11-19(12-10-18)33-25-27-13-14-32-25/h13-19H,5-12H2,1-4H3,(H,30,31)/t16-,17-,18-,19-. The van der Waals surface area contributed by atoms with E-state index in [0.717, 1.165) is 60.6 Å². The van der Waals surface area contributed by atoms with Crippen LogP contribution in [0.4, 0.5) is 5.69 Å². The van der Waals surface area contributed by atoms with E-state index in [2.05, 4.69) is 32.7 Å². The maximum Gasteiger partial charge on any atom is 0.348 e. The highest BCUT2D eigenvalue weighted by Crippen LogP contribution is 2.43. The number of hydrogen-bond acceptors (Lipinski definition) is 6. The first-order chi connectivity index (χ1) is 16.1. The fraction of sp³-hybridized carbons (Fsp3) is 0.654. The molecule has 4 rings (SSSR count). The molecular weight excluding hydrogens is 484 g/mol. The number of thiazole rings is 1. The molecule has 1 N–H and O–H groups in total. The first kappa shape index (κ1) is 25.7. The van der Waals surface area contributed by atoms with Gasteiger partial charge < -0.3 is 10.0 Å². The molecule has 1 amide bonds. The second kappa shape index (κ2) is 10.7. The molecule has 2 saturated carbocycles. The Bertz CT molecular complexity index is 980. The third-order valence-electron chi connectivity index (χ3n) is 7.19. The summed E-state index contributed by atoms with van der Waals surface area (Å²) in [6.07, 6.45) is 9.64. The smallest absolute Gasteiger partial charge is 0.348 e. The summed E-state index contributed by atoms with van der Waals surface area (Å²) >= 11 is 4.85. The van der Waals surface area contributed by atoms with Crippen molar-refractivity contribution in [2.75, 3.05) is 4.90 Å². The van der Waals surface area contributed by atoms with Crippen molar-refractivity contribution in [3.05, 3.63) is 27.4 Å². The van der Waals surface area contributed by atoms with E-state index in [1.165, 1.54) is 11.3 Å².